The summed E-state index contributed by atoms with van der Waals surface area (Å²) in [5.41, 5.74) is -0.161. The number of nitrogens with one attached hydrogen (secondary N) is 1. The van der Waals surface area contributed by atoms with Crippen molar-refractivity contribution in [1.29, 1.82) is 0 Å². The standard InChI is InChI=1S/C17H36N2O/c1-9-18-15-14(12-19(8)11-10-13(2)3)16(4,5)20-17(15,6)7/h13-15,18H,9-12H2,1-8H3. The number of likely N-dealkylation sites (N-methyl/N-ethyl adjacent to an activating group) is 1. The highest BCUT2D eigenvalue weighted by atomic mass is 16.5. The minimum absolute atomic E-state index is 0.0670. The van der Waals surface area contributed by atoms with E-state index in [4.69, 9.17) is 4.74 Å². The van der Waals surface area contributed by atoms with E-state index in [1.807, 2.05) is 0 Å². The predicted molar refractivity (Wildman–Crippen MR) is 87.1 cm³/mol. The molecule has 0 aliphatic carbocycles. The van der Waals surface area contributed by atoms with Crippen LogP contribution in [0.1, 0.15) is 54.9 Å². The highest BCUT2D eigenvalue weighted by Gasteiger charge is 2.53. The lowest BCUT2D eigenvalue weighted by atomic mass is 9.82. The van der Waals surface area contributed by atoms with E-state index in [2.05, 4.69) is 65.7 Å². The lowest BCUT2D eigenvalue weighted by Crippen LogP contribution is -2.50. The third-order valence-corrected chi connectivity index (χ3v) is 4.59. The molecule has 0 bridgehead atoms. The first-order chi connectivity index (χ1) is 9.10. The van der Waals surface area contributed by atoms with Gasteiger partial charge >= 0.3 is 0 Å². The van der Waals surface area contributed by atoms with Crippen LogP contribution in [0.2, 0.25) is 0 Å². The number of hydrogen-bond donors (Lipinski definition) is 1. The van der Waals surface area contributed by atoms with Gasteiger partial charge in [0.15, 0.2) is 0 Å². The highest BCUT2D eigenvalue weighted by Crippen LogP contribution is 2.42. The van der Waals surface area contributed by atoms with Crippen LogP contribution < -0.4 is 5.32 Å². The van der Waals surface area contributed by atoms with Crippen LogP contribution in [-0.4, -0.2) is 48.8 Å². The van der Waals surface area contributed by atoms with E-state index in [0.717, 1.165) is 19.0 Å². The molecule has 1 N–H and O–H groups in total. The van der Waals surface area contributed by atoms with Crippen molar-refractivity contribution >= 4 is 0 Å². The zero-order chi connectivity index (χ0) is 15.6. The second-order valence-corrected chi connectivity index (χ2v) is 7.90. The van der Waals surface area contributed by atoms with Crippen molar-refractivity contribution in [1.82, 2.24) is 10.2 Å². The second-order valence-electron chi connectivity index (χ2n) is 7.90. The van der Waals surface area contributed by atoms with Crippen molar-refractivity contribution in [2.75, 3.05) is 26.7 Å². The molecule has 120 valence electrons. The molecule has 0 aromatic heterocycles. The summed E-state index contributed by atoms with van der Waals surface area (Å²) >= 11 is 0. The summed E-state index contributed by atoms with van der Waals surface area (Å²) in [4.78, 5) is 2.47. The monoisotopic (exact) mass is 284 g/mol. The lowest BCUT2D eigenvalue weighted by molar-refractivity contribution is -0.0792. The first-order valence-electron chi connectivity index (χ1n) is 8.22. The van der Waals surface area contributed by atoms with E-state index >= 15 is 0 Å². The number of nitrogens with zero attached hydrogens (tertiary/aromatic N) is 1. The third kappa shape index (κ3) is 4.44. The van der Waals surface area contributed by atoms with Gasteiger partial charge in [0.1, 0.15) is 0 Å². The largest absolute Gasteiger partial charge is 0.368 e. The molecule has 0 aromatic rings. The predicted octanol–water partition coefficient (Wildman–Crippen LogP) is 3.15. The number of ether oxygens (including phenoxy) is 1. The Morgan fingerprint density at radius 2 is 1.75 bits per heavy atom. The number of hydrogen-bond acceptors (Lipinski definition) is 3. The molecular formula is C17H36N2O. The molecule has 20 heavy (non-hydrogen) atoms. The maximum Gasteiger partial charge on any atom is 0.0790 e. The molecular weight excluding hydrogens is 248 g/mol. The second kappa shape index (κ2) is 6.76. The molecule has 0 saturated carbocycles. The third-order valence-electron chi connectivity index (χ3n) is 4.59. The van der Waals surface area contributed by atoms with Crippen LogP contribution in [0.25, 0.3) is 0 Å². The Morgan fingerprint density at radius 3 is 2.25 bits per heavy atom. The average molecular weight is 284 g/mol. The van der Waals surface area contributed by atoms with E-state index < -0.39 is 0 Å². The van der Waals surface area contributed by atoms with Gasteiger partial charge in [-0.2, -0.15) is 0 Å². The molecule has 1 rings (SSSR count). The van der Waals surface area contributed by atoms with Gasteiger partial charge in [-0.25, -0.2) is 0 Å². The highest BCUT2D eigenvalue weighted by molar-refractivity contribution is 5.05. The van der Waals surface area contributed by atoms with Crippen LogP contribution in [0.3, 0.4) is 0 Å². The summed E-state index contributed by atoms with van der Waals surface area (Å²) in [5, 5.41) is 3.66. The van der Waals surface area contributed by atoms with Crippen molar-refractivity contribution in [2.24, 2.45) is 11.8 Å². The van der Waals surface area contributed by atoms with E-state index in [1.54, 1.807) is 0 Å². The Hall–Kier alpha value is -0.120. The van der Waals surface area contributed by atoms with Crippen LogP contribution in [0.4, 0.5) is 0 Å². The van der Waals surface area contributed by atoms with Gasteiger partial charge in [-0.1, -0.05) is 20.8 Å². The molecule has 0 aromatic carbocycles. The summed E-state index contributed by atoms with van der Waals surface area (Å²) < 4.78 is 6.35. The fourth-order valence-electron chi connectivity index (χ4n) is 3.54. The Balaban J connectivity index is 2.72. The Bertz CT molecular complexity index is 299. The first kappa shape index (κ1) is 17.9. The van der Waals surface area contributed by atoms with E-state index in [0.29, 0.717) is 12.0 Å². The van der Waals surface area contributed by atoms with E-state index in [9.17, 15) is 0 Å². The summed E-state index contributed by atoms with van der Waals surface area (Å²) in [6.07, 6.45) is 1.26. The number of rotatable bonds is 7. The van der Waals surface area contributed by atoms with Crippen molar-refractivity contribution in [3.63, 3.8) is 0 Å². The fraction of sp³-hybridized carbons (Fsp3) is 1.00. The Kier molecular flexibility index (Phi) is 6.06. The van der Waals surface area contributed by atoms with Crippen molar-refractivity contribution in [2.45, 2.75) is 72.1 Å². The molecule has 1 aliphatic rings. The van der Waals surface area contributed by atoms with Gasteiger partial charge < -0.3 is 15.0 Å². The van der Waals surface area contributed by atoms with Gasteiger partial charge in [0.2, 0.25) is 0 Å². The molecule has 1 aliphatic heterocycles. The molecule has 2 atom stereocenters. The first-order valence-corrected chi connectivity index (χ1v) is 8.22. The van der Waals surface area contributed by atoms with E-state index in [-0.39, 0.29) is 11.2 Å². The Labute approximate surface area is 126 Å². The molecule has 1 fully saturated rings. The zero-order valence-electron chi connectivity index (χ0n) is 14.9. The molecule has 1 heterocycles. The summed E-state index contributed by atoms with van der Waals surface area (Å²) in [6, 6.07) is 0.420. The maximum absolute atomic E-state index is 6.35. The van der Waals surface area contributed by atoms with Crippen molar-refractivity contribution in [3.8, 4) is 0 Å². The lowest BCUT2D eigenvalue weighted by Gasteiger charge is -2.33. The van der Waals surface area contributed by atoms with Crippen LogP contribution in [0, 0.1) is 11.8 Å². The molecule has 3 nitrogen and oxygen atoms in total. The van der Waals surface area contributed by atoms with Crippen molar-refractivity contribution in [3.05, 3.63) is 0 Å². The van der Waals surface area contributed by atoms with Gasteiger partial charge in [0.25, 0.3) is 0 Å². The molecule has 0 amide bonds. The van der Waals surface area contributed by atoms with Crippen LogP contribution in [0.5, 0.6) is 0 Å². The van der Waals surface area contributed by atoms with Gasteiger partial charge in [-0.3, -0.25) is 0 Å². The zero-order valence-corrected chi connectivity index (χ0v) is 14.9. The normalized spacial score (nSPS) is 28.5. The SMILES string of the molecule is CCNC1C(CN(C)CCC(C)C)C(C)(C)OC1(C)C. The van der Waals surface area contributed by atoms with Crippen LogP contribution >= 0.6 is 0 Å². The summed E-state index contributed by atoms with van der Waals surface area (Å²) in [7, 11) is 2.24. The van der Waals surface area contributed by atoms with Crippen LogP contribution in [-0.2, 0) is 4.74 Å². The molecule has 0 radical (unpaired) electrons. The minimum atomic E-state index is -0.0942. The van der Waals surface area contributed by atoms with Crippen LogP contribution in [0.15, 0.2) is 0 Å². The average Bonchev–Trinajstić information content (AvgIpc) is 2.45. The molecule has 1 saturated heterocycles. The van der Waals surface area contributed by atoms with Gasteiger partial charge in [-0.15, -0.1) is 0 Å². The van der Waals surface area contributed by atoms with Gasteiger partial charge in [0.05, 0.1) is 11.2 Å². The van der Waals surface area contributed by atoms with Crippen molar-refractivity contribution < 1.29 is 4.74 Å². The Morgan fingerprint density at radius 1 is 1.15 bits per heavy atom. The van der Waals surface area contributed by atoms with E-state index in [1.165, 1.54) is 13.0 Å². The molecule has 3 heteroatoms. The molecule has 0 spiro atoms. The summed E-state index contributed by atoms with van der Waals surface area (Å²) in [6.45, 7) is 19.0. The quantitative estimate of drug-likeness (QED) is 0.777. The minimum Gasteiger partial charge on any atom is -0.368 e. The maximum atomic E-state index is 6.35. The van der Waals surface area contributed by atoms with Gasteiger partial charge in [-0.05, 0) is 60.2 Å². The fourth-order valence-corrected chi connectivity index (χ4v) is 3.54. The smallest absolute Gasteiger partial charge is 0.0790 e. The summed E-state index contributed by atoms with van der Waals surface area (Å²) in [5.74, 6) is 1.29. The van der Waals surface area contributed by atoms with Gasteiger partial charge in [0, 0.05) is 18.5 Å². The topological polar surface area (TPSA) is 24.5 Å². The molecule has 2 unspecified atom stereocenters.